The van der Waals surface area contributed by atoms with Gasteiger partial charge in [-0.15, -0.1) is 11.3 Å². The second-order valence-corrected chi connectivity index (χ2v) is 12.5. The van der Waals surface area contributed by atoms with Crippen LogP contribution >= 0.6 is 22.9 Å². The molecule has 0 bridgehead atoms. The summed E-state index contributed by atoms with van der Waals surface area (Å²) in [4.78, 5) is 13.4. The number of hydrogen-bond acceptors (Lipinski definition) is 5. The molecule has 2 N–H and O–H groups in total. The molecule has 0 spiro atoms. The van der Waals surface area contributed by atoms with E-state index < -0.39 is 43.8 Å². The van der Waals surface area contributed by atoms with Crippen LogP contribution < -0.4 is 4.31 Å². The first-order chi connectivity index (χ1) is 15.5. The van der Waals surface area contributed by atoms with Gasteiger partial charge in [0.2, 0.25) is 0 Å². The number of hydrogen-bond donors (Lipinski definition) is 2. The molecule has 0 amide bonds. The topological polar surface area (TPSA) is 112 Å². The van der Waals surface area contributed by atoms with Crippen LogP contribution in [-0.2, 0) is 31.3 Å². The zero-order valence-corrected chi connectivity index (χ0v) is 20.5. The molecule has 1 fully saturated rings. The fraction of sp³-hybridized carbons (Fsp3) is 0.227. The second-order valence-electron chi connectivity index (χ2n) is 8.03. The highest BCUT2D eigenvalue weighted by molar-refractivity contribution is 7.90. The molecule has 174 valence electrons. The third-order valence-electron chi connectivity index (χ3n) is 5.84. The lowest BCUT2D eigenvalue weighted by atomic mass is 9.92. The molecule has 11 heteroatoms. The number of thiophene rings is 1. The van der Waals surface area contributed by atoms with Gasteiger partial charge in [0.15, 0.2) is 5.54 Å². The SMILES string of the molecule is CS(=O)(=O)CC1(c2ccccc2)CC1(C(=O)O)N(c1ccc(-c2ccc(Cl)cc2)s1)S(=O)O. The molecule has 1 aromatic heterocycles. The molecule has 1 aliphatic rings. The van der Waals surface area contributed by atoms with Crippen molar-refractivity contribution in [2.45, 2.75) is 17.4 Å². The molecule has 7 nitrogen and oxygen atoms in total. The Bertz CT molecular complexity index is 1330. The number of sulfone groups is 1. The molecule has 1 heterocycles. The van der Waals surface area contributed by atoms with Crippen molar-refractivity contribution >= 4 is 55.0 Å². The fourth-order valence-electron chi connectivity index (χ4n) is 4.43. The van der Waals surface area contributed by atoms with Gasteiger partial charge in [0.1, 0.15) is 14.8 Å². The van der Waals surface area contributed by atoms with Crippen LogP contribution in [0.25, 0.3) is 10.4 Å². The van der Waals surface area contributed by atoms with Crippen LogP contribution in [0.3, 0.4) is 0 Å². The number of nitrogens with zero attached hydrogens (tertiary/aromatic N) is 1. The molecule has 3 atom stereocenters. The van der Waals surface area contributed by atoms with Crippen molar-refractivity contribution in [3.63, 3.8) is 0 Å². The van der Waals surface area contributed by atoms with Gasteiger partial charge in [-0.3, -0.25) is 4.55 Å². The summed E-state index contributed by atoms with van der Waals surface area (Å²) in [7, 11) is -3.63. The van der Waals surface area contributed by atoms with Gasteiger partial charge in [-0.25, -0.2) is 21.7 Å². The van der Waals surface area contributed by atoms with Crippen molar-refractivity contribution in [2.75, 3.05) is 16.3 Å². The molecule has 0 aliphatic heterocycles. The van der Waals surface area contributed by atoms with Crippen molar-refractivity contribution in [2.24, 2.45) is 0 Å². The normalized spacial score (nSPS) is 23.1. The minimum atomic E-state index is -3.63. The number of rotatable bonds is 8. The Morgan fingerprint density at radius 3 is 2.30 bits per heavy atom. The van der Waals surface area contributed by atoms with E-state index in [1.165, 1.54) is 0 Å². The number of benzene rings is 2. The van der Waals surface area contributed by atoms with E-state index in [-0.39, 0.29) is 11.4 Å². The quantitative estimate of drug-likeness (QED) is 0.426. The summed E-state index contributed by atoms with van der Waals surface area (Å²) < 4.78 is 48.5. The van der Waals surface area contributed by atoms with Gasteiger partial charge in [-0.1, -0.05) is 54.1 Å². The van der Waals surface area contributed by atoms with Crippen molar-refractivity contribution in [1.29, 1.82) is 0 Å². The number of carboxylic acid groups (broad SMARTS) is 1. The Kier molecular flexibility index (Phi) is 6.17. The summed E-state index contributed by atoms with van der Waals surface area (Å²) in [5.74, 6) is -1.83. The highest BCUT2D eigenvalue weighted by Crippen LogP contribution is 2.63. The monoisotopic (exact) mass is 525 g/mol. The van der Waals surface area contributed by atoms with Crippen LogP contribution in [0.5, 0.6) is 0 Å². The third kappa shape index (κ3) is 4.22. The average molecular weight is 526 g/mol. The molecule has 0 saturated heterocycles. The van der Waals surface area contributed by atoms with E-state index in [1.807, 2.05) is 0 Å². The lowest BCUT2D eigenvalue weighted by Crippen LogP contribution is -2.51. The maximum atomic E-state index is 12.7. The van der Waals surface area contributed by atoms with Crippen molar-refractivity contribution in [3.8, 4) is 10.4 Å². The lowest BCUT2D eigenvalue weighted by molar-refractivity contribution is -0.139. The van der Waals surface area contributed by atoms with E-state index in [0.717, 1.165) is 32.3 Å². The predicted molar refractivity (Wildman–Crippen MR) is 131 cm³/mol. The van der Waals surface area contributed by atoms with Gasteiger partial charge < -0.3 is 5.11 Å². The molecule has 0 radical (unpaired) electrons. The Morgan fingerprint density at radius 2 is 1.76 bits per heavy atom. The van der Waals surface area contributed by atoms with Crippen LogP contribution in [0.1, 0.15) is 12.0 Å². The fourth-order valence-corrected chi connectivity index (χ4v) is 8.05. The highest BCUT2D eigenvalue weighted by Gasteiger charge is 2.78. The minimum absolute atomic E-state index is 0.132. The molecule has 1 aliphatic carbocycles. The van der Waals surface area contributed by atoms with Gasteiger partial charge in [-0.2, -0.15) is 0 Å². The van der Waals surface area contributed by atoms with Gasteiger partial charge in [-0.05, 0) is 41.8 Å². The van der Waals surface area contributed by atoms with E-state index in [2.05, 4.69) is 0 Å². The first-order valence-electron chi connectivity index (χ1n) is 9.74. The molecule has 3 unspecified atom stereocenters. The largest absolute Gasteiger partial charge is 0.479 e. The number of anilines is 1. The molecular formula is C22H20ClNO6S3. The molecule has 4 rings (SSSR count). The standard InChI is InChI=1S/C22H20ClNO6S3/c1-33(29,30)14-21(16-5-3-2-4-6-16)13-22(21,20(25)26)24(32(27)28)19-12-11-18(31-19)15-7-9-17(23)10-8-15/h2-12H,13-14H2,1H3,(H,25,26)(H,27,28). The summed E-state index contributed by atoms with van der Waals surface area (Å²) in [5.41, 5.74) is -2.01. The zero-order chi connectivity index (χ0) is 24.0. The van der Waals surface area contributed by atoms with E-state index in [9.17, 15) is 27.1 Å². The number of halogens is 1. The second kappa shape index (κ2) is 8.52. The summed E-state index contributed by atoms with van der Waals surface area (Å²) in [6, 6.07) is 18.7. The first-order valence-corrected chi connectivity index (χ1v) is 14.1. The van der Waals surface area contributed by atoms with Crippen molar-refractivity contribution in [1.82, 2.24) is 0 Å². The van der Waals surface area contributed by atoms with Crippen LogP contribution in [0.15, 0.2) is 66.7 Å². The van der Waals surface area contributed by atoms with Gasteiger partial charge in [0, 0.05) is 21.6 Å². The van der Waals surface area contributed by atoms with Crippen LogP contribution in [0.2, 0.25) is 5.02 Å². The van der Waals surface area contributed by atoms with Crippen LogP contribution in [0, 0.1) is 0 Å². The van der Waals surface area contributed by atoms with E-state index in [4.69, 9.17) is 11.6 Å². The third-order valence-corrected chi connectivity index (χ3v) is 9.16. The van der Waals surface area contributed by atoms with Crippen molar-refractivity contribution in [3.05, 3.63) is 77.3 Å². The molecule has 33 heavy (non-hydrogen) atoms. The Hall–Kier alpha value is -2.24. The number of carboxylic acids is 1. The van der Waals surface area contributed by atoms with Gasteiger partial charge >= 0.3 is 5.97 Å². The zero-order valence-electron chi connectivity index (χ0n) is 17.3. The van der Waals surface area contributed by atoms with E-state index in [0.29, 0.717) is 10.6 Å². The Labute approximate surface area is 203 Å². The predicted octanol–water partition coefficient (Wildman–Crippen LogP) is 4.22. The molecule has 2 aromatic carbocycles. The Balaban J connectivity index is 1.85. The minimum Gasteiger partial charge on any atom is -0.479 e. The summed E-state index contributed by atoms with van der Waals surface area (Å²) in [6.07, 6.45) is 0.902. The van der Waals surface area contributed by atoms with E-state index >= 15 is 0 Å². The summed E-state index contributed by atoms with van der Waals surface area (Å²) in [6.45, 7) is 0. The van der Waals surface area contributed by atoms with Gasteiger partial charge in [0.25, 0.3) is 11.3 Å². The summed E-state index contributed by atoms with van der Waals surface area (Å²) in [5, 5.41) is 11.1. The molecule has 1 saturated carbocycles. The molecular weight excluding hydrogens is 506 g/mol. The number of aliphatic carboxylic acids is 1. The summed E-state index contributed by atoms with van der Waals surface area (Å²) >= 11 is 4.36. The van der Waals surface area contributed by atoms with Crippen LogP contribution in [-0.4, -0.2) is 45.8 Å². The maximum Gasteiger partial charge on any atom is 0.331 e. The lowest BCUT2D eigenvalue weighted by Gasteiger charge is -2.31. The smallest absolute Gasteiger partial charge is 0.331 e. The highest BCUT2D eigenvalue weighted by atomic mass is 35.5. The molecule has 3 aromatic rings. The van der Waals surface area contributed by atoms with Gasteiger partial charge in [0.05, 0.1) is 5.75 Å². The number of carbonyl (C=O) groups is 1. The van der Waals surface area contributed by atoms with Crippen molar-refractivity contribution < 1.29 is 27.1 Å². The first kappa shape index (κ1) is 23.9. The van der Waals surface area contributed by atoms with E-state index in [1.54, 1.807) is 66.7 Å². The Morgan fingerprint density at radius 1 is 1.12 bits per heavy atom. The maximum absolute atomic E-state index is 12.7. The van der Waals surface area contributed by atoms with Crippen LogP contribution in [0.4, 0.5) is 5.00 Å². The average Bonchev–Trinajstić information content (AvgIpc) is 3.14.